The second-order valence-electron chi connectivity index (χ2n) is 10.8. The monoisotopic (exact) mass is 498 g/mol. The van der Waals surface area contributed by atoms with Crippen molar-refractivity contribution in [2.24, 2.45) is 5.73 Å². The predicted molar refractivity (Wildman–Crippen MR) is 145 cm³/mol. The largest absolute Gasteiger partial charge is 0.371 e. The maximum absolute atomic E-state index is 11.6. The fourth-order valence-electron chi connectivity index (χ4n) is 5.07. The molecule has 4 aromatic rings. The molecule has 1 aliphatic heterocycles. The minimum atomic E-state index is -0.427. The van der Waals surface area contributed by atoms with E-state index in [1.165, 1.54) is 5.56 Å². The molecule has 7 heteroatoms. The van der Waals surface area contributed by atoms with Crippen LogP contribution in [0.15, 0.2) is 71.3 Å². The van der Waals surface area contributed by atoms with E-state index in [2.05, 4.69) is 67.2 Å². The number of hydrogen-bond acceptors (Lipinski definition) is 6. The maximum atomic E-state index is 11.6. The summed E-state index contributed by atoms with van der Waals surface area (Å²) in [6, 6.07) is 22.1. The van der Waals surface area contributed by atoms with Crippen LogP contribution in [0.25, 0.3) is 10.8 Å². The lowest BCUT2D eigenvalue weighted by molar-refractivity contribution is -0.0507. The van der Waals surface area contributed by atoms with Crippen LogP contribution in [0, 0.1) is 0 Å². The Bertz CT molecular complexity index is 1380. The van der Waals surface area contributed by atoms with Crippen LogP contribution in [0.5, 0.6) is 0 Å². The molecule has 0 unspecified atom stereocenters. The number of primary amides is 1. The Kier molecular flexibility index (Phi) is 6.98. The topological polar surface area (TPSA) is 94.5 Å². The quantitative estimate of drug-likeness (QED) is 0.338. The zero-order valence-electron chi connectivity index (χ0n) is 21.7. The summed E-state index contributed by atoms with van der Waals surface area (Å²) in [5.74, 6) is 0.936. The van der Waals surface area contributed by atoms with Crippen molar-refractivity contribution in [3.05, 3.63) is 89.6 Å². The second-order valence-corrected chi connectivity index (χ2v) is 10.8. The highest BCUT2D eigenvalue weighted by Gasteiger charge is 2.39. The fraction of sp³-hybridized carbons (Fsp3) is 0.367. The maximum Gasteiger partial charge on any atom is 0.249 e. The molecule has 0 aliphatic carbocycles. The average molecular weight is 499 g/mol. The van der Waals surface area contributed by atoms with E-state index >= 15 is 0 Å². The Morgan fingerprint density at radius 3 is 2.57 bits per heavy atom. The first-order valence-electron chi connectivity index (χ1n) is 12.9. The number of benzene rings is 3. The van der Waals surface area contributed by atoms with Crippen LogP contribution >= 0.6 is 0 Å². The number of nitrogens with two attached hydrogens (primary N) is 1. The number of carbonyl (C=O) groups is 1. The van der Waals surface area contributed by atoms with Gasteiger partial charge in [0.25, 0.3) is 0 Å². The second kappa shape index (κ2) is 10.3. The molecule has 0 bridgehead atoms. The van der Waals surface area contributed by atoms with E-state index in [0.29, 0.717) is 11.5 Å². The van der Waals surface area contributed by atoms with E-state index in [4.69, 9.17) is 20.0 Å². The molecule has 2 N–H and O–H groups in total. The molecule has 5 rings (SSSR count). The summed E-state index contributed by atoms with van der Waals surface area (Å²) in [6.07, 6.45) is 3.51. The van der Waals surface area contributed by atoms with Gasteiger partial charge in [-0.25, -0.2) is 0 Å². The van der Waals surface area contributed by atoms with Crippen molar-refractivity contribution >= 4 is 22.4 Å². The summed E-state index contributed by atoms with van der Waals surface area (Å²) in [4.78, 5) is 18.7. The summed E-state index contributed by atoms with van der Waals surface area (Å²) in [7, 11) is 0. The van der Waals surface area contributed by atoms with Crippen LogP contribution in [0.3, 0.4) is 0 Å². The number of hydrogen-bond donors (Lipinski definition) is 1. The van der Waals surface area contributed by atoms with Crippen molar-refractivity contribution in [2.45, 2.75) is 64.2 Å². The number of aryl methyl sites for hydroxylation is 2. The highest BCUT2D eigenvalue weighted by molar-refractivity contribution is 5.98. The number of amides is 1. The average Bonchev–Trinajstić information content (AvgIpc) is 3.50. The highest BCUT2D eigenvalue weighted by atomic mass is 16.5. The van der Waals surface area contributed by atoms with Crippen LogP contribution in [0.1, 0.15) is 67.3 Å². The van der Waals surface area contributed by atoms with Gasteiger partial charge < -0.3 is 19.9 Å². The van der Waals surface area contributed by atoms with Gasteiger partial charge in [0, 0.05) is 30.6 Å². The standard InChI is InChI=1S/C30H34N4O3/c1-30(2,3)36-25-18-26(29-32-27(33-37-29)11-7-10-20-8-5-4-6-9-20)34(19-25)24-15-14-21-16-23(28(31)35)13-12-22(21)17-24/h4-6,8-9,12-17,25-26H,7,10-11,18-19H2,1-3H3,(H2,31,35)/t25-,26+/m1/s1. The van der Waals surface area contributed by atoms with Gasteiger partial charge >= 0.3 is 0 Å². The van der Waals surface area contributed by atoms with E-state index in [1.807, 2.05) is 24.3 Å². The van der Waals surface area contributed by atoms with Crippen LogP contribution in [0.2, 0.25) is 0 Å². The molecule has 1 amide bonds. The lowest BCUT2D eigenvalue weighted by Crippen LogP contribution is -2.30. The van der Waals surface area contributed by atoms with E-state index in [-0.39, 0.29) is 17.7 Å². The van der Waals surface area contributed by atoms with Gasteiger partial charge in [0.2, 0.25) is 11.8 Å². The number of nitrogens with zero attached hydrogens (tertiary/aromatic N) is 3. The zero-order chi connectivity index (χ0) is 26.0. The van der Waals surface area contributed by atoms with E-state index in [9.17, 15) is 4.79 Å². The van der Waals surface area contributed by atoms with Gasteiger partial charge in [0.15, 0.2) is 5.82 Å². The third-order valence-corrected chi connectivity index (χ3v) is 6.70. The van der Waals surface area contributed by atoms with E-state index in [0.717, 1.165) is 54.5 Å². The van der Waals surface area contributed by atoms with Gasteiger partial charge in [-0.15, -0.1) is 0 Å². The number of carbonyl (C=O) groups excluding carboxylic acids is 1. The van der Waals surface area contributed by atoms with Crippen molar-refractivity contribution in [3.8, 4) is 0 Å². The Balaban J connectivity index is 1.37. The van der Waals surface area contributed by atoms with E-state index in [1.54, 1.807) is 6.07 Å². The summed E-state index contributed by atoms with van der Waals surface area (Å²) >= 11 is 0. The highest BCUT2D eigenvalue weighted by Crippen LogP contribution is 2.39. The third-order valence-electron chi connectivity index (χ3n) is 6.70. The Labute approximate surface area is 217 Å². The van der Waals surface area contributed by atoms with E-state index < -0.39 is 5.91 Å². The van der Waals surface area contributed by atoms with Gasteiger partial charge in [-0.2, -0.15) is 4.98 Å². The molecule has 0 spiro atoms. The molecular weight excluding hydrogens is 464 g/mol. The van der Waals surface area contributed by atoms with Crippen molar-refractivity contribution in [1.29, 1.82) is 0 Å². The molecule has 7 nitrogen and oxygen atoms in total. The first-order valence-corrected chi connectivity index (χ1v) is 12.9. The Morgan fingerprint density at radius 2 is 1.81 bits per heavy atom. The van der Waals surface area contributed by atoms with Crippen LogP contribution < -0.4 is 10.6 Å². The lowest BCUT2D eigenvalue weighted by atomic mass is 10.1. The molecule has 1 fully saturated rings. The number of fused-ring (bicyclic) bond motifs is 1. The molecule has 192 valence electrons. The van der Waals surface area contributed by atoms with Crippen LogP contribution in [-0.4, -0.2) is 34.3 Å². The molecule has 0 radical (unpaired) electrons. The Morgan fingerprint density at radius 1 is 1.05 bits per heavy atom. The first kappa shape index (κ1) is 25.0. The van der Waals surface area contributed by atoms with Crippen molar-refractivity contribution in [1.82, 2.24) is 10.1 Å². The van der Waals surface area contributed by atoms with Gasteiger partial charge in [-0.1, -0.05) is 47.6 Å². The lowest BCUT2D eigenvalue weighted by Gasteiger charge is -2.26. The van der Waals surface area contributed by atoms with Crippen molar-refractivity contribution in [2.75, 3.05) is 11.4 Å². The summed E-state index contributed by atoms with van der Waals surface area (Å²) < 4.78 is 12.2. The van der Waals surface area contributed by atoms with Crippen LogP contribution in [-0.2, 0) is 17.6 Å². The molecule has 1 aliphatic rings. The molecule has 37 heavy (non-hydrogen) atoms. The fourth-order valence-corrected chi connectivity index (χ4v) is 5.07. The zero-order valence-corrected chi connectivity index (χ0v) is 21.7. The molecule has 2 heterocycles. The Hall–Kier alpha value is -3.71. The number of ether oxygens (including phenoxy) is 1. The minimum absolute atomic E-state index is 0.0337. The molecule has 3 aromatic carbocycles. The number of aromatic nitrogens is 2. The van der Waals surface area contributed by atoms with Gasteiger partial charge in [0.1, 0.15) is 6.04 Å². The molecule has 1 saturated heterocycles. The smallest absolute Gasteiger partial charge is 0.249 e. The summed E-state index contributed by atoms with van der Waals surface area (Å²) in [5.41, 5.74) is 8.07. The minimum Gasteiger partial charge on any atom is -0.371 e. The number of rotatable bonds is 8. The molecule has 0 saturated carbocycles. The van der Waals surface area contributed by atoms with Crippen molar-refractivity contribution < 1.29 is 14.1 Å². The van der Waals surface area contributed by atoms with Crippen molar-refractivity contribution in [3.63, 3.8) is 0 Å². The first-order chi connectivity index (χ1) is 17.7. The molecule has 1 aromatic heterocycles. The summed E-state index contributed by atoms with van der Waals surface area (Å²) in [6.45, 7) is 6.95. The molecule has 2 atom stereocenters. The normalized spacial score (nSPS) is 18.0. The third kappa shape index (κ3) is 6.00. The van der Waals surface area contributed by atoms with Gasteiger partial charge in [-0.05, 0) is 74.2 Å². The molecular formula is C30H34N4O3. The SMILES string of the molecule is CC(C)(C)O[C@@H]1C[C@@H](c2nc(CCCc3ccccc3)no2)N(c2ccc3cc(C(N)=O)ccc3c2)C1. The predicted octanol–water partition coefficient (Wildman–Crippen LogP) is 5.63. The van der Waals surface area contributed by atoms with Crippen LogP contribution in [0.4, 0.5) is 5.69 Å². The van der Waals surface area contributed by atoms with Gasteiger partial charge in [0.05, 0.1) is 11.7 Å². The van der Waals surface area contributed by atoms with Gasteiger partial charge in [-0.3, -0.25) is 4.79 Å². The number of anilines is 1. The summed E-state index contributed by atoms with van der Waals surface area (Å²) in [5, 5.41) is 6.30.